The number of primary amides is 1. The van der Waals surface area contributed by atoms with Gasteiger partial charge in [-0.05, 0) is 37.0 Å². The summed E-state index contributed by atoms with van der Waals surface area (Å²) in [5, 5.41) is 16.1. The van der Waals surface area contributed by atoms with Crippen LogP contribution in [0.4, 0.5) is 0 Å². The molecule has 2 rings (SSSR count). The first kappa shape index (κ1) is 25.8. The largest absolute Gasteiger partial charge is 0.381 e. The zero-order valence-corrected chi connectivity index (χ0v) is 18.8. The Kier molecular flexibility index (Phi) is 10.8. The molecule has 7 nitrogen and oxygen atoms in total. The van der Waals surface area contributed by atoms with E-state index in [-0.39, 0.29) is 0 Å². The molecule has 0 aliphatic rings. The van der Waals surface area contributed by atoms with Crippen LogP contribution in [0.25, 0.3) is 0 Å². The number of aliphatic hydroxyl groups is 1. The summed E-state index contributed by atoms with van der Waals surface area (Å²) < 4.78 is 0. The van der Waals surface area contributed by atoms with Crippen LogP contribution in [-0.4, -0.2) is 35.0 Å². The number of allylic oxidation sites excluding steroid dienone is 1. The number of carbonyl (C=O) groups is 3. The van der Waals surface area contributed by atoms with Crippen LogP contribution < -0.4 is 16.4 Å². The van der Waals surface area contributed by atoms with Gasteiger partial charge in [0.1, 0.15) is 6.04 Å². The van der Waals surface area contributed by atoms with Crippen molar-refractivity contribution in [3.63, 3.8) is 0 Å². The van der Waals surface area contributed by atoms with Crippen molar-refractivity contribution in [1.82, 2.24) is 10.6 Å². The lowest BCUT2D eigenvalue weighted by Gasteiger charge is -2.26. The molecule has 7 heteroatoms. The SMILES string of the molecule is C=CCCCCCC[C@@H](NC(=O)[C@H](O)[C@@H](NC(=O)c1ccccc1)c1ccccc1)C(N)=O. The number of unbranched alkanes of at least 4 members (excludes halogenated alkanes) is 4. The number of amides is 3. The highest BCUT2D eigenvalue weighted by atomic mass is 16.3. The third kappa shape index (κ3) is 8.54. The number of carbonyl (C=O) groups excluding carboxylic acids is 3. The van der Waals surface area contributed by atoms with E-state index in [0.29, 0.717) is 24.0 Å². The number of nitrogens with two attached hydrogens (primary N) is 1. The highest BCUT2D eigenvalue weighted by Gasteiger charge is 2.31. The van der Waals surface area contributed by atoms with E-state index in [1.807, 2.05) is 6.08 Å². The van der Waals surface area contributed by atoms with Crippen molar-refractivity contribution in [3.8, 4) is 0 Å². The van der Waals surface area contributed by atoms with Gasteiger partial charge in [0.2, 0.25) is 5.91 Å². The van der Waals surface area contributed by atoms with Crippen molar-refractivity contribution in [2.45, 2.75) is 56.7 Å². The van der Waals surface area contributed by atoms with Gasteiger partial charge in [-0.3, -0.25) is 14.4 Å². The molecule has 0 saturated carbocycles. The Hall–Kier alpha value is -3.45. The molecule has 0 saturated heterocycles. The van der Waals surface area contributed by atoms with Crippen molar-refractivity contribution in [2.75, 3.05) is 0 Å². The third-order valence-corrected chi connectivity index (χ3v) is 5.38. The van der Waals surface area contributed by atoms with Gasteiger partial charge in [0.25, 0.3) is 11.8 Å². The van der Waals surface area contributed by atoms with Crippen LogP contribution in [0, 0.1) is 0 Å². The zero-order valence-electron chi connectivity index (χ0n) is 18.8. The van der Waals surface area contributed by atoms with E-state index in [4.69, 9.17) is 5.73 Å². The van der Waals surface area contributed by atoms with Crippen LogP contribution in [0.2, 0.25) is 0 Å². The van der Waals surface area contributed by atoms with Gasteiger partial charge in [0, 0.05) is 5.56 Å². The lowest BCUT2D eigenvalue weighted by Crippen LogP contribution is -2.51. The van der Waals surface area contributed by atoms with E-state index in [1.54, 1.807) is 60.7 Å². The van der Waals surface area contributed by atoms with E-state index in [0.717, 1.165) is 25.7 Å². The first-order chi connectivity index (χ1) is 15.9. The van der Waals surface area contributed by atoms with Gasteiger partial charge in [0.15, 0.2) is 6.10 Å². The molecular formula is C26H33N3O4. The van der Waals surface area contributed by atoms with Crippen molar-refractivity contribution in [3.05, 3.63) is 84.4 Å². The highest BCUT2D eigenvalue weighted by molar-refractivity contribution is 5.95. The zero-order chi connectivity index (χ0) is 24.1. The molecule has 0 aliphatic carbocycles. The van der Waals surface area contributed by atoms with Gasteiger partial charge in [-0.15, -0.1) is 6.58 Å². The van der Waals surface area contributed by atoms with Crippen molar-refractivity contribution < 1.29 is 19.5 Å². The fourth-order valence-corrected chi connectivity index (χ4v) is 3.50. The van der Waals surface area contributed by atoms with Crippen molar-refractivity contribution in [1.29, 1.82) is 0 Å². The molecule has 0 spiro atoms. The molecule has 2 aromatic rings. The molecule has 0 unspecified atom stereocenters. The maximum atomic E-state index is 12.8. The van der Waals surface area contributed by atoms with E-state index in [2.05, 4.69) is 17.2 Å². The minimum Gasteiger partial charge on any atom is -0.381 e. The van der Waals surface area contributed by atoms with Gasteiger partial charge < -0.3 is 21.5 Å². The summed E-state index contributed by atoms with van der Waals surface area (Å²) in [7, 11) is 0. The molecule has 0 heterocycles. The van der Waals surface area contributed by atoms with Crippen LogP contribution >= 0.6 is 0 Å². The average Bonchev–Trinajstić information content (AvgIpc) is 2.84. The summed E-state index contributed by atoms with van der Waals surface area (Å²) >= 11 is 0. The number of rotatable bonds is 14. The molecule has 0 radical (unpaired) electrons. The standard InChI is InChI=1S/C26H33N3O4/c1-2-3-4-5-6-13-18-21(24(27)31)28-26(33)23(30)22(19-14-9-7-10-15-19)29-25(32)20-16-11-8-12-17-20/h2,7-12,14-17,21-23,30H,1,3-6,13,18H2,(H2,27,31)(H,28,33)(H,29,32)/t21-,22+,23-/m1/s1. The molecule has 3 amide bonds. The Balaban J connectivity index is 2.06. The molecule has 176 valence electrons. The van der Waals surface area contributed by atoms with Crippen LogP contribution in [0.15, 0.2) is 73.3 Å². The Morgan fingerprint density at radius 2 is 1.52 bits per heavy atom. The van der Waals surface area contributed by atoms with Crippen molar-refractivity contribution in [2.24, 2.45) is 5.73 Å². The van der Waals surface area contributed by atoms with Crippen molar-refractivity contribution >= 4 is 17.7 Å². The topological polar surface area (TPSA) is 122 Å². The molecule has 3 atom stereocenters. The van der Waals surface area contributed by atoms with Crippen LogP contribution in [0.3, 0.4) is 0 Å². The minimum absolute atomic E-state index is 0.383. The lowest BCUT2D eigenvalue weighted by molar-refractivity contribution is -0.134. The molecular weight excluding hydrogens is 418 g/mol. The normalized spacial score (nSPS) is 13.4. The summed E-state index contributed by atoms with van der Waals surface area (Å²) in [6.07, 6.45) is 5.21. The second-order valence-electron chi connectivity index (χ2n) is 7.92. The smallest absolute Gasteiger partial charge is 0.252 e. The molecule has 0 fully saturated rings. The molecule has 2 aromatic carbocycles. The predicted octanol–water partition coefficient (Wildman–Crippen LogP) is 3.02. The molecule has 0 aromatic heterocycles. The first-order valence-electron chi connectivity index (χ1n) is 11.2. The van der Waals surface area contributed by atoms with Crippen LogP contribution in [0.1, 0.15) is 60.5 Å². The maximum absolute atomic E-state index is 12.8. The predicted molar refractivity (Wildman–Crippen MR) is 128 cm³/mol. The fraction of sp³-hybridized carbons (Fsp3) is 0.346. The van der Waals surface area contributed by atoms with E-state index in [9.17, 15) is 19.5 Å². The highest BCUT2D eigenvalue weighted by Crippen LogP contribution is 2.19. The van der Waals surface area contributed by atoms with Gasteiger partial charge in [-0.25, -0.2) is 0 Å². The Labute approximate surface area is 195 Å². The van der Waals surface area contributed by atoms with Crippen LogP contribution in [-0.2, 0) is 9.59 Å². The number of aliphatic hydroxyl groups excluding tert-OH is 1. The fourth-order valence-electron chi connectivity index (χ4n) is 3.50. The summed E-state index contributed by atoms with van der Waals surface area (Å²) in [5.41, 5.74) is 6.43. The monoisotopic (exact) mass is 451 g/mol. The molecule has 0 bridgehead atoms. The van der Waals surface area contributed by atoms with Gasteiger partial charge in [-0.2, -0.15) is 0 Å². The van der Waals surface area contributed by atoms with Crippen LogP contribution in [0.5, 0.6) is 0 Å². The summed E-state index contributed by atoms with van der Waals surface area (Å²) in [5.74, 6) is -1.86. The minimum atomic E-state index is -1.62. The Bertz CT molecular complexity index is 902. The van der Waals surface area contributed by atoms with Gasteiger partial charge >= 0.3 is 0 Å². The first-order valence-corrected chi connectivity index (χ1v) is 11.2. The number of benzene rings is 2. The maximum Gasteiger partial charge on any atom is 0.252 e. The average molecular weight is 452 g/mol. The third-order valence-electron chi connectivity index (χ3n) is 5.38. The van der Waals surface area contributed by atoms with Gasteiger partial charge in [0.05, 0.1) is 6.04 Å². The second-order valence-corrected chi connectivity index (χ2v) is 7.92. The lowest BCUT2D eigenvalue weighted by atomic mass is 9.99. The number of hydrogen-bond donors (Lipinski definition) is 4. The van der Waals surface area contributed by atoms with E-state index >= 15 is 0 Å². The molecule has 5 N–H and O–H groups in total. The summed E-state index contributed by atoms with van der Waals surface area (Å²) in [4.78, 5) is 37.4. The quantitative estimate of drug-likeness (QED) is 0.260. The Morgan fingerprint density at radius 3 is 2.12 bits per heavy atom. The summed E-state index contributed by atoms with van der Waals surface area (Å²) in [6.45, 7) is 3.69. The second kappa shape index (κ2) is 13.9. The summed E-state index contributed by atoms with van der Waals surface area (Å²) in [6, 6.07) is 15.3. The van der Waals surface area contributed by atoms with Gasteiger partial charge in [-0.1, -0.05) is 73.9 Å². The van der Waals surface area contributed by atoms with E-state index in [1.165, 1.54) is 0 Å². The molecule has 33 heavy (non-hydrogen) atoms. The molecule has 0 aliphatic heterocycles. The number of nitrogens with one attached hydrogen (secondary N) is 2. The van der Waals surface area contributed by atoms with E-state index < -0.39 is 35.9 Å². The Morgan fingerprint density at radius 1 is 0.909 bits per heavy atom. The number of hydrogen-bond acceptors (Lipinski definition) is 4.